The molecule has 0 N–H and O–H groups in total. The highest BCUT2D eigenvalue weighted by atomic mass is 19.1. The molecule has 0 bridgehead atoms. The van der Waals surface area contributed by atoms with Crippen LogP contribution in [-0.4, -0.2) is 4.98 Å². The summed E-state index contributed by atoms with van der Waals surface area (Å²) in [6.45, 7) is 5.81. The molecule has 11 heavy (non-hydrogen) atoms. The van der Waals surface area contributed by atoms with Crippen LogP contribution in [0, 0.1) is 19.8 Å². The number of hydrogen-bond acceptors (Lipinski definition) is 1. The molecule has 0 aliphatic heterocycles. The zero-order chi connectivity index (χ0) is 8.43. The molecule has 0 amide bonds. The molecular weight excluding hydrogens is 141 g/mol. The molecule has 0 spiro atoms. The Morgan fingerprint density at radius 3 is 2.55 bits per heavy atom. The van der Waals surface area contributed by atoms with Crippen LogP contribution in [0.25, 0.3) is 0 Å². The van der Waals surface area contributed by atoms with Crippen LogP contribution in [0.3, 0.4) is 0 Å². The summed E-state index contributed by atoms with van der Waals surface area (Å²) in [6.07, 6.45) is 0.922. The molecule has 0 radical (unpaired) electrons. The summed E-state index contributed by atoms with van der Waals surface area (Å²) in [5, 5.41) is 0. The predicted molar refractivity (Wildman–Crippen MR) is 43.0 cm³/mol. The maximum Gasteiger partial charge on any atom is 0.213 e. The smallest absolute Gasteiger partial charge is 0.213 e. The van der Waals surface area contributed by atoms with Gasteiger partial charge in [-0.2, -0.15) is 4.39 Å². The summed E-state index contributed by atoms with van der Waals surface area (Å²) < 4.78 is 12.6. The fourth-order valence-electron chi connectivity index (χ4n) is 1.35. The Hall–Kier alpha value is -0.920. The lowest BCUT2D eigenvalue weighted by atomic mass is 10.1. The number of aromatic nitrogens is 1. The quantitative estimate of drug-likeness (QED) is 0.564. The van der Waals surface area contributed by atoms with Crippen molar-refractivity contribution in [1.29, 1.82) is 0 Å². The van der Waals surface area contributed by atoms with Crippen LogP contribution in [0.2, 0.25) is 0 Å². The molecule has 0 saturated carbocycles. The first-order valence-corrected chi connectivity index (χ1v) is 3.77. The van der Waals surface area contributed by atoms with Crippen LogP contribution >= 0.6 is 0 Å². The van der Waals surface area contributed by atoms with Gasteiger partial charge in [-0.05, 0) is 37.5 Å². The standard InChI is InChI=1S/C9H12FN/c1-4-8-6(2)5-9(10)11-7(8)3/h5H,4H2,1-3H3. The second-order valence-electron chi connectivity index (χ2n) is 2.68. The number of aryl methyl sites for hydroxylation is 2. The average Bonchev–Trinajstić information content (AvgIpc) is 1.85. The Morgan fingerprint density at radius 2 is 2.09 bits per heavy atom. The Bertz CT molecular complexity index is 245. The van der Waals surface area contributed by atoms with Gasteiger partial charge in [-0.15, -0.1) is 0 Å². The lowest BCUT2D eigenvalue weighted by molar-refractivity contribution is 0.576. The van der Waals surface area contributed by atoms with E-state index in [1.165, 1.54) is 6.07 Å². The van der Waals surface area contributed by atoms with Gasteiger partial charge in [0.05, 0.1) is 0 Å². The van der Waals surface area contributed by atoms with Gasteiger partial charge in [0, 0.05) is 5.69 Å². The Kier molecular flexibility index (Phi) is 2.22. The second-order valence-corrected chi connectivity index (χ2v) is 2.68. The summed E-state index contributed by atoms with van der Waals surface area (Å²) in [5.41, 5.74) is 2.97. The van der Waals surface area contributed by atoms with Gasteiger partial charge >= 0.3 is 0 Å². The lowest BCUT2D eigenvalue weighted by Gasteiger charge is -2.05. The molecule has 1 rings (SSSR count). The number of rotatable bonds is 1. The largest absolute Gasteiger partial charge is 0.225 e. The summed E-state index contributed by atoms with van der Waals surface area (Å²) in [6, 6.07) is 1.48. The van der Waals surface area contributed by atoms with Crippen molar-refractivity contribution in [3.63, 3.8) is 0 Å². The van der Waals surface area contributed by atoms with Crippen LogP contribution < -0.4 is 0 Å². The van der Waals surface area contributed by atoms with Gasteiger partial charge in [0.1, 0.15) is 0 Å². The molecule has 0 atom stereocenters. The van der Waals surface area contributed by atoms with E-state index in [0.29, 0.717) is 0 Å². The van der Waals surface area contributed by atoms with Crippen molar-refractivity contribution in [2.75, 3.05) is 0 Å². The highest BCUT2D eigenvalue weighted by Gasteiger charge is 2.03. The third-order valence-electron chi connectivity index (χ3n) is 1.88. The first kappa shape index (κ1) is 8.18. The first-order valence-electron chi connectivity index (χ1n) is 3.77. The zero-order valence-electron chi connectivity index (χ0n) is 7.11. The van der Waals surface area contributed by atoms with E-state index in [2.05, 4.69) is 11.9 Å². The molecule has 1 heterocycles. The summed E-state index contributed by atoms with van der Waals surface area (Å²) >= 11 is 0. The minimum absolute atomic E-state index is 0.378. The maximum atomic E-state index is 12.6. The molecule has 1 aromatic rings. The minimum Gasteiger partial charge on any atom is -0.225 e. The van der Waals surface area contributed by atoms with Crippen molar-refractivity contribution in [3.8, 4) is 0 Å². The van der Waals surface area contributed by atoms with Crippen molar-refractivity contribution in [2.45, 2.75) is 27.2 Å². The Labute approximate surface area is 66.3 Å². The number of nitrogens with zero attached hydrogens (tertiary/aromatic N) is 1. The van der Waals surface area contributed by atoms with E-state index < -0.39 is 0 Å². The van der Waals surface area contributed by atoms with Crippen molar-refractivity contribution in [2.24, 2.45) is 0 Å². The molecule has 1 aromatic heterocycles. The van der Waals surface area contributed by atoms with Gasteiger partial charge in [-0.25, -0.2) is 4.98 Å². The number of pyridine rings is 1. The molecule has 0 saturated heterocycles. The molecule has 0 aromatic carbocycles. The number of hydrogen-bond donors (Lipinski definition) is 0. The average molecular weight is 153 g/mol. The van der Waals surface area contributed by atoms with Crippen molar-refractivity contribution >= 4 is 0 Å². The van der Waals surface area contributed by atoms with Crippen LogP contribution in [0.1, 0.15) is 23.7 Å². The molecule has 0 unspecified atom stereocenters. The van der Waals surface area contributed by atoms with Crippen molar-refractivity contribution < 1.29 is 4.39 Å². The Balaban J connectivity index is 3.25. The molecule has 0 fully saturated rings. The fourth-order valence-corrected chi connectivity index (χ4v) is 1.35. The van der Waals surface area contributed by atoms with E-state index in [9.17, 15) is 4.39 Å². The monoisotopic (exact) mass is 153 g/mol. The zero-order valence-corrected chi connectivity index (χ0v) is 7.11. The molecule has 2 heteroatoms. The predicted octanol–water partition coefficient (Wildman–Crippen LogP) is 2.40. The molecule has 0 aliphatic carbocycles. The Morgan fingerprint density at radius 1 is 1.45 bits per heavy atom. The molecule has 0 aliphatic rings. The summed E-state index contributed by atoms with van der Waals surface area (Å²) in [7, 11) is 0. The van der Waals surface area contributed by atoms with Crippen molar-refractivity contribution in [1.82, 2.24) is 4.98 Å². The van der Waals surface area contributed by atoms with Crippen molar-refractivity contribution in [3.05, 3.63) is 28.8 Å². The first-order chi connectivity index (χ1) is 5.15. The number of halogens is 1. The third-order valence-corrected chi connectivity index (χ3v) is 1.88. The molecule has 60 valence electrons. The van der Waals surface area contributed by atoms with E-state index >= 15 is 0 Å². The lowest BCUT2D eigenvalue weighted by Crippen LogP contribution is -1.97. The topological polar surface area (TPSA) is 12.9 Å². The van der Waals surface area contributed by atoms with Gasteiger partial charge < -0.3 is 0 Å². The highest BCUT2D eigenvalue weighted by molar-refractivity contribution is 5.28. The van der Waals surface area contributed by atoms with Gasteiger partial charge in [0.15, 0.2) is 0 Å². The van der Waals surface area contributed by atoms with Gasteiger partial charge in [0.2, 0.25) is 5.95 Å². The normalized spacial score (nSPS) is 10.2. The second kappa shape index (κ2) is 2.99. The van der Waals surface area contributed by atoms with E-state index in [1.54, 1.807) is 0 Å². The summed E-state index contributed by atoms with van der Waals surface area (Å²) in [4.78, 5) is 3.74. The third kappa shape index (κ3) is 1.56. The van der Waals surface area contributed by atoms with E-state index in [1.807, 2.05) is 13.8 Å². The maximum absolute atomic E-state index is 12.6. The van der Waals surface area contributed by atoms with Crippen LogP contribution in [0.15, 0.2) is 6.07 Å². The molecule has 1 nitrogen and oxygen atoms in total. The van der Waals surface area contributed by atoms with Crippen LogP contribution in [0.4, 0.5) is 4.39 Å². The van der Waals surface area contributed by atoms with E-state index in [-0.39, 0.29) is 5.95 Å². The van der Waals surface area contributed by atoms with E-state index in [4.69, 9.17) is 0 Å². The van der Waals surface area contributed by atoms with Gasteiger partial charge in [-0.3, -0.25) is 0 Å². The SMILES string of the molecule is CCc1c(C)cc(F)nc1C. The summed E-state index contributed by atoms with van der Waals surface area (Å²) in [5.74, 6) is -0.378. The highest BCUT2D eigenvalue weighted by Crippen LogP contribution is 2.12. The minimum atomic E-state index is -0.378. The molecular formula is C9H12FN. The fraction of sp³-hybridized carbons (Fsp3) is 0.444. The van der Waals surface area contributed by atoms with Crippen LogP contribution in [0.5, 0.6) is 0 Å². The van der Waals surface area contributed by atoms with E-state index in [0.717, 1.165) is 23.2 Å². The van der Waals surface area contributed by atoms with Crippen LogP contribution in [-0.2, 0) is 6.42 Å². The van der Waals surface area contributed by atoms with Gasteiger partial charge in [-0.1, -0.05) is 6.92 Å². The van der Waals surface area contributed by atoms with Gasteiger partial charge in [0.25, 0.3) is 0 Å².